The van der Waals surface area contributed by atoms with Crippen molar-refractivity contribution in [2.75, 3.05) is 16.8 Å². The second-order valence-electron chi connectivity index (χ2n) is 6.48. The summed E-state index contributed by atoms with van der Waals surface area (Å²) < 4.78 is 0. The van der Waals surface area contributed by atoms with Gasteiger partial charge in [-0.1, -0.05) is 17.7 Å². The average Bonchev–Trinajstić information content (AvgIpc) is 2.78. The summed E-state index contributed by atoms with van der Waals surface area (Å²) in [6, 6.07) is 12.3. The van der Waals surface area contributed by atoms with Gasteiger partial charge in [-0.15, -0.1) is 0 Å². The molecular formula is C20H20N4. The minimum absolute atomic E-state index is 0.0705. The van der Waals surface area contributed by atoms with E-state index in [1.165, 1.54) is 16.7 Å². The van der Waals surface area contributed by atoms with E-state index in [0.717, 1.165) is 17.1 Å². The standard InChI is InChI=1S/C20H20N4/c1-12-6-13(2)19(14(3)7-12)24-15(4)23(5)18-9-16(10-21)8-17(11-22)20(18)24/h6-9,15H,1-5H3/t15-/m0/s1. The van der Waals surface area contributed by atoms with Crippen LogP contribution in [0.5, 0.6) is 0 Å². The van der Waals surface area contributed by atoms with Crippen molar-refractivity contribution in [2.24, 2.45) is 0 Å². The molecule has 0 aliphatic carbocycles. The highest BCUT2D eigenvalue weighted by Crippen LogP contribution is 2.47. The van der Waals surface area contributed by atoms with Gasteiger partial charge in [0.15, 0.2) is 0 Å². The molecule has 0 amide bonds. The van der Waals surface area contributed by atoms with E-state index in [2.05, 4.69) is 61.8 Å². The van der Waals surface area contributed by atoms with Crippen LogP contribution in [0.2, 0.25) is 0 Å². The molecule has 1 heterocycles. The van der Waals surface area contributed by atoms with E-state index >= 15 is 0 Å². The fraction of sp³-hybridized carbons (Fsp3) is 0.300. The first-order chi connectivity index (χ1) is 11.4. The molecule has 0 unspecified atom stereocenters. The lowest BCUT2D eigenvalue weighted by Crippen LogP contribution is -2.36. The molecule has 0 fully saturated rings. The highest BCUT2D eigenvalue weighted by molar-refractivity contribution is 5.90. The van der Waals surface area contributed by atoms with Crippen LogP contribution in [0, 0.1) is 43.4 Å². The fourth-order valence-corrected chi connectivity index (χ4v) is 3.70. The van der Waals surface area contributed by atoms with Crippen LogP contribution in [-0.2, 0) is 0 Å². The van der Waals surface area contributed by atoms with Crippen molar-refractivity contribution in [3.63, 3.8) is 0 Å². The third kappa shape index (κ3) is 2.20. The first-order valence-electron chi connectivity index (χ1n) is 7.97. The van der Waals surface area contributed by atoms with Crippen molar-refractivity contribution >= 4 is 17.1 Å². The molecule has 2 aromatic carbocycles. The summed E-state index contributed by atoms with van der Waals surface area (Å²) >= 11 is 0. The molecule has 24 heavy (non-hydrogen) atoms. The highest BCUT2D eigenvalue weighted by Gasteiger charge is 2.35. The Morgan fingerprint density at radius 1 is 0.917 bits per heavy atom. The number of nitriles is 2. The summed E-state index contributed by atoms with van der Waals surface area (Å²) in [7, 11) is 2.00. The monoisotopic (exact) mass is 316 g/mol. The molecule has 3 rings (SSSR count). The zero-order valence-electron chi connectivity index (χ0n) is 14.7. The van der Waals surface area contributed by atoms with Gasteiger partial charge in [-0.25, -0.2) is 0 Å². The maximum atomic E-state index is 9.64. The maximum absolute atomic E-state index is 9.64. The Labute approximate surface area is 143 Å². The molecule has 4 nitrogen and oxygen atoms in total. The zero-order valence-corrected chi connectivity index (χ0v) is 14.7. The van der Waals surface area contributed by atoms with Gasteiger partial charge >= 0.3 is 0 Å². The van der Waals surface area contributed by atoms with Gasteiger partial charge in [0.2, 0.25) is 0 Å². The predicted molar refractivity (Wildman–Crippen MR) is 96.5 cm³/mol. The predicted octanol–water partition coefficient (Wildman–Crippen LogP) is 4.29. The van der Waals surface area contributed by atoms with Crippen LogP contribution in [-0.4, -0.2) is 13.2 Å². The molecule has 1 aliphatic rings. The Kier molecular flexibility index (Phi) is 3.70. The first kappa shape index (κ1) is 15.9. The number of anilines is 3. The SMILES string of the molecule is Cc1cc(C)c(N2c3c(C#N)cc(C#N)cc3N(C)[C@@H]2C)c(C)c1. The van der Waals surface area contributed by atoms with Crippen LogP contribution >= 0.6 is 0 Å². The highest BCUT2D eigenvalue weighted by atomic mass is 15.4. The number of hydrogen-bond donors (Lipinski definition) is 0. The molecule has 0 saturated carbocycles. The van der Waals surface area contributed by atoms with Crippen molar-refractivity contribution in [1.29, 1.82) is 10.5 Å². The van der Waals surface area contributed by atoms with E-state index in [4.69, 9.17) is 0 Å². The van der Waals surface area contributed by atoms with Gasteiger partial charge in [0.05, 0.1) is 28.6 Å². The lowest BCUT2D eigenvalue weighted by Gasteiger charge is -2.30. The van der Waals surface area contributed by atoms with Crippen molar-refractivity contribution < 1.29 is 0 Å². The summed E-state index contributed by atoms with van der Waals surface area (Å²) in [6.07, 6.45) is 0.0705. The van der Waals surface area contributed by atoms with Crippen LogP contribution in [0.25, 0.3) is 0 Å². The van der Waals surface area contributed by atoms with Crippen LogP contribution in [0.15, 0.2) is 24.3 Å². The first-order valence-corrected chi connectivity index (χ1v) is 7.97. The third-order valence-electron chi connectivity index (χ3n) is 4.77. The molecule has 0 spiro atoms. The fourth-order valence-electron chi connectivity index (χ4n) is 3.70. The van der Waals surface area contributed by atoms with Gasteiger partial charge in [-0.05, 0) is 51.0 Å². The van der Waals surface area contributed by atoms with E-state index < -0.39 is 0 Å². The van der Waals surface area contributed by atoms with Crippen molar-refractivity contribution in [2.45, 2.75) is 33.9 Å². The Balaban J connectivity index is 2.32. The summed E-state index contributed by atoms with van der Waals surface area (Å²) in [5.41, 5.74) is 7.62. The van der Waals surface area contributed by atoms with Gasteiger partial charge in [0.1, 0.15) is 12.2 Å². The smallest absolute Gasteiger partial charge is 0.103 e. The summed E-state index contributed by atoms with van der Waals surface area (Å²) in [4.78, 5) is 4.34. The zero-order chi connectivity index (χ0) is 17.6. The van der Waals surface area contributed by atoms with E-state index in [0.29, 0.717) is 11.1 Å². The normalized spacial score (nSPS) is 15.9. The number of hydrogen-bond acceptors (Lipinski definition) is 4. The van der Waals surface area contributed by atoms with E-state index in [1.807, 2.05) is 13.1 Å². The average molecular weight is 316 g/mol. The van der Waals surface area contributed by atoms with Crippen LogP contribution in [0.4, 0.5) is 17.1 Å². The van der Waals surface area contributed by atoms with Gasteiger partial charge in [0, 0.05) is 12.7 Å². The molecule has 0 radical (unpaired) electrons. The summed E-state index contributed by atoms with van der Waals surface area (Å²) in [5.74, 6) is 0. The minimum atomic E-state index is 0.0705. The molecule has 120 valence electrons. The lowest BCUT2D eigenvalue weighted by atomic mass is 10.0. The second-order valence-corrected chi connectivity index (χ2v) is 6.48. The van der Waals surface area contributed by atoms with Crippen molar-refractivity contribution in [3.8, 4) is 12.1 Å². The van der Waals surface area contributed by atoms with Gasteiger partial charge in [-0.3, -0.25) is 0 Å². The Morgan fingerprint density at radius 2 is 1.54 bits per heavy atom. The van der Waals surface area contributed by atoms with Gasteiger partial charge in [0.25, 0.3) is 0 Å². The van der Waals surface area contributed by atoms with Gasteiger partial charge < -0.3 is 9.80 Å². The maximum Gasteiger partial charge on any atom is 0.103 e. The molecular weight excluding hydrogens is 296 g/mol. The van der Waals surface area contributed by atoms with Crippen molar-refractivity contribution in [3.05, 3.63) is 52.1 Å². The molecule has 0 saturated heterocycles. The number of benzene rings is 2. The quantitative estimate of drug-likeness (QED) is 0.787. The summed E-state index contributed by atoms with van der Waals surface area (Å²) in [5, 5.41) is 18.9. The van der Waals surface area contributed by atoms with Crippen LogP contribution in [0.3, 0.4) is 0 Å². The molecule has 0 bridgehead atoms. The number of rotatable bonds is 1. The van der Waals surface area contributed by atoms with E-state index in [9.17, 15) is 10.5 Å². The molecule has 2 aromatic rings. The number of fused-ring (bicyclic) bond motifs is 1. The van der Waals surface area contributed by atoms with E-state index in [-0.39, 0.29) is 6.17 Å². The minimum Gasteiger partial charge on any atom is -0.352 e. The molecule has 0 aromatic heterocycles. The van der Waals surface area contributed by atoms with Gasteiger partial charge in [-0.2, -0.15) is 10.5 Å². The Morgan fingerprint density at radius 3 is 2.08 bits per heavy atom. The lowest BCUT2D eigenvalue weighted by molar-refractivity contribution is 0.730. The molecule has 0 N–H and O–H groups in total. The van der Waals surface area contributed by atoms with Crippen LogP contribution < -0.4 is 9.80 Å². The topological polar surface area (TPSA) is 54.1 Å². The van der Waals surface area contributed by atoms with E-state index in [1.54, 1.807) is 6.07 Å². The van der Waals surface area contributed by atoms with Crippen LogP contribution in [0.1, 0.15) is 34.7 Å². The Bertz CT molecular complexity index is 891. The number of aryl methyl sites for hydroxylation is 3. The third-order valence-corrected chi connectivity index (χ3v) is 4.77. The molecule has 1 atom stereocenters. The molecule has 1 aliphatic heterocycles. The van der Waals surface area contributed by atoms with Crippen molar-refractivity contribution in [1.82, 2.24) is 0 Å². The Hall–Kier alpha value is -2.98. The molecule has 4 heteroatoms. The largest absolute Gasteiger partial charge is 0.352 e. The number of nitrogens with zero attached hydrogens (tertiary/aromatic N) is 4. The summed E-state index contributed by atoms with van der Waals surface area (Å²) in [6.45, 7) is 8.43. The second kappa shape index (κ2) is 5.58.